The van der Waals surface area contributed by atoms with Crippen LogP contribution >= 0.6 is 0 Å². The van der Waals surface area contributed by atoms with Crippen LogP contribution in [0.3, 0.4) is 0 Å². The first-order chi connectivity index (χ1) is 10.9. The van der Waals surface area contributed by atoms with Gasteiger partial charge in [-0.05, 0) is 18.6 Å². The lowest BCUT2D eigenvalue weighted by atomic mass is 10.1. The topological polar surface area (TPSA) is 63.5 Å². The van der Waals surface area contributed by atoms with Crippen molar-refractivity contribution in [3.63, 3.8) is 0 Å². The molecule has 118 valence electrons. The third kappa shape index (κ3) is 3.57. The molecule has 6 heteroatoms. The van der Waals surface area contributed by atoms with E-state index in [0.717, 1.165) is 56.3 Å². The zero-order valence-corrected chi connectivity index (χ0v) is 13.0. The van der Waals surface area contributed by atoms with Gasteiger partial charge in [-0.2, -0.15) is 0 Å². The van der Waals surface area contributed by atoms with Crippen molar-refractivity contribution in [3.8, 4) is 0 Å². The van der Waals surface area contributed by atoms with Gasteiger partial charge in [-0.25, -0.2) is 4.98 Å². The summed E-state index contributed by atoms with van der Waals surface area (Å²) in [6.07, 6.45) is 3.02. The highest BCUT2D eigenvalue weighted by molar-refractivity contribution is 5.79. The van der Waals surface area contributed by atoms with Crippen molar-refractivity contribution >= 4 is 17.0 Å². The highest BCUT2D eigenvalue weighted by Gasteiger charge is 2.15. The zero-order chi connectivity index (χ0) is 15.2. The summed E-state index contributed by atoms with van der Waals surface area (Å²) >= 11 is 0. The van der Waals surface area contributed by atoms with Crippen molar-refractivity contribution in [2.75, 3.05) is 33.4 Å². The zero-order valence-electron chi connectivity index (χ0n) is 13.0. The Balaban J connectivity index is 1.46. The van der Waals surface area contributed by atoms with Gasteiger partial charge in [0.15, 0.2) is 5.96 Å². The maximum atomic E-state index is 5.38. The first kappa shape index (κ1) is 14.8. The summed E-state index contributed by atoms with van der Waals surface area (Å²) in [6, 6.07) is 8.17. The van der Waals surface area contributed by atoms with Crippen LogP contribution in [0.2, 0.25) is 0 Å². The molecule has 0 spiro atoms. The van der Waals surface area contributed by atoms with E-state index in [1.807, 2.05) is 24.5 Å². The lowest BCUT2D eigenvalue weighted by Gasteiger charge is -2.14. The highest BCUT2D eigenvalue weighted by Crippen LogP contribution is 2.11. The number of rotatable bonds is 5. The van der Waals surface area contributed by atoms with Crippen LogP contribution in [0.1, 0.15) is 6.42 Å². The van der Waals surface area contributed by atoms with Crippen LogP contribution in [0.4, 0.5) is 0 Å². The number of hydrogen-bond donors (Lipinski definition) is 2. The normalized spacial score (nSPS) is 18.8. The van der Waals surface area contributed by atoms with Crippen LogP contribution in [0, 0.1) is 5.92 Å². The fourth-order valence-electron chi connectivity index (χ4n) is 2.69. The van der Waals surface area contributed by atoms with Crippen molar-refractivity contribution in [1.82, 2.24) is 20.2 Å². The molecule has 1 aliphatic heterocycles. The summed E-state index contributed by atoms with van der Waals surface area (Å²) in [5, 5.41) is 6.71. The van der Waals surface area contributed by atoms with E-state index in [9.17, 15) is 0 Å². The molecule has 1 saturated heterocycles. The first-order valence-corrected chi connectivity index (χ1v) is 7.79. The van der Waals surface area contributed by atoms with E-state index in [4.69, 9.17) is 4.74 Å². The minimum Gasteiger partial charge on any atom is -0.381 e. The number of para-hydroxylation sites is 2. The Hall–Kier alpha value is -2.08. The van der Waals surface area contributed by atoms with Gasteiger partial charge in [0.2, 0.25) is 0 Å². The van der Waals surface area contributed by atoms with Gasteiger partial charge in [-0.3, -0.25) is 4.99 Å². The number of aromatic nitrogens is 2. The number of aliphatic imine (C=N–C) groups is 1. The van der Waals surface area contributed by atoms with Crippen molar-refractivity contribution in [2.45, 2.75) is 13.0 Å². The molecule has 2 heterocycles. The Bertz CT molecular complexity index is 630. The summed E-state index contributed by atoms with van der Waals surface area (Å²) in [6.45, 7) is 4.31. The van der Waals surface area contributed by atoms with E-state index in [1.165, 1.54) is 0 Å². The molecule has 1 atom stereocenters. The van der Waals surface area contributed by atoms with Gasteiger partial charge >= 0.3 is 0 Å². The summed E-state index contributed by atoms with van der Waals surface area (Å²) in [5.74, 6) is 1.44. The van der Waals surface area contributed by atoms with Gasteiger partial charge in [0.25, 0.3) is 0 Å². The third-order valence-corrected chi connectivity index (χ3v) is 3.98. The van der Waals surface area contributed by atoms with Crippen LogP contribution in [0.25, 0.3) is 11.0 Å². The molecule has 22 heavy (non-hydrogen) atoms. The highest BCUT2D eigenvalue weighted by atomic mass is 16.5. The Morgan fingerprint density at radius 3 is 3.14 bits per heavy atom. The second kappa shape index (κ2) is 7.26. The van der Waals surface area contributed by atoms with E-state index in [-0.39, 0.29) is 0 Å². The number of nitrogens with one attached hydrogen (secondary N) is 2. The molecule has 6 nitrogen and oxygen atoms in total. The summed E-state index contributed by atoms with van der Waals surface area (Å²) in [7, 11) is 1.80. The molecule has 0 saturated carbocycles. The Morgan fingerprint density at radius 2 is 2.32 bits per heavy atom. The molecular formula is C16H23N5O. The predicted octanol–water partition coefficient (Wildman–Crippen LogP) is 1.24. The molecule has 1 fully saturated rings. The molecule has 0 bridgehead atoms. The minimum atomic E-state index is 0.594. The molecule has 2 aromatic rings. The average molecular weight is 301 g/mol. The maximum absolute atomic E-state index is 5.38. The number of fused-ring (bicyclic) bond motifs is 1. The van der Waals surface area contributed by atoms with Crippen molar-refractivity contribution < 1.29 is 4.74 Å². The molecule has 0 amide bonds. The quantitative estimate of drug-likeness (QED) is 0.644. The lowest BCUT2D eigenvalue weighted by molar-refractivity contribution is 0.186. The number of nitrogens with zero attached hydrogens (tertiary/aromatic N) is 3. The number of hydrogen-bond acceptors (Lipinski definition) is 3. The van der Waals surface area contributed by atoms with Crippen LogP contribution in [-0.2, 0) is 11.3 Å². The number of ether oxygens (including phenoxy) is 1. The second-order valence-corrected chi connectivity index (χ2v) is 5.54. The standard InChI is InChI=1S/C16H23N5O/c1-17-16(19-10-13-6-9-22-11-13)18-7-8-21-12-20-14-4-2-3-5-15(14)21/h2-5,12-13H,6-11H2,1H3,(H2,17,18,19). The van der Waals surface area contributed by atoms with Gasteiger partial charge in [0.1, 0.15) is 0 Å². The van der Waals surface area contributed by atoms with Crippen LogP contribution in [0.15, 0.2) is 35.6 Å². The Morgan fingerprint density at radius 1 is 1.41 bits per heavy atom. The van der Waals surface area contributed by atoms with Crippen LogP contribution in [0.5, 0.6) is 0 Å². The summed E-state index contributed by atoms with van der Waals surface area (Å²) in [5.41, 5.74) is 2.20. The lowest BCUT2D eigenvalue weighted by Crippen LogP contribution is -2.41. The molecule has 3 rings (SSSR count). The van der Waals surface area contributed by atoms with E-state index in [1.54, 1.807) is 7.05 Å². The van der Waals surface area contributed by atoms with E-state index < -0.39 is 0 Å². The van der Waals surface area contributed by atoms with Crippen molar-refractivity contribution in [2.24, 2.45) is 10.9 Å². The van der Waals surface area contributed by atoms with Crippen LogP contribution in [-0.4, -0.2) is 48.9 Å². The smallest absolute Gasteiger partial charge is 0.191 e. The molecule has 0 aliphatic carbocycles. The van der Waals surface area contributed by atoms with E-state index >= 15 is 0 Å². The van der Waals surface area contributed by atoms with Gasteiger partial charge in [-0.1, -0.05) is 12.1 Å². The monoisotopic (exact) mass is 301 g/mol. The first-order valence-electron chi connectivity index (χ1n) is 7.79. The van der Waals surface area contributed by atoms with Crippen molar-refractivity contribution in [1.29, 1.82) is 0 Å². The van der Waals surface area contributed by atoms with Crippen molar-refractivity contribution in [3.05, 3.63) is 30.6 Å². The number of guanidine groups is 1. The maximum Gasteiger partial charge on any atom is 0.191 e. The minimum absolute atomic E-state index is 0.594. The molecular weight excluding hydrogens is 278 g/mol. The van der Waals surface area contributed by atoms with E-state index in [2.05, 4.69) is 31.2 Å². The molecule has 0 radical (unpaired) electrons. The van der Waals surface area contributed by atoms with E-state index in [0.29, 0.717) is 5.92 Å². The van der Waals surface area contributed by atoms with Gasteiger partial charge in [0.05, 0.1) is 24.0 Å². The fraction of sp³-hybridized carbons (Fsp3) is 0.500. The fourth-order valence-corrected chi connectivity index (χ4v) is 2.69. The van der Waals surface area contributed by atoms with Gasteiger partial charge < -0.3 is 19.9 Å². The average Bonchev–Trinajstić information content (AvgIpc) is 3.20. The number of benzene rings is 1. The Labute approximate surface area is 130 Å². The molecule has 1 unspecified atom stereocenters. The number of imidazole rings is 1. The molecule has 2 N–H and O–H groups in total. The summed E-state index contributed by atoms with van der Waals surface area (Å²) < 4.78 is 7.54. The third-order valence-electron chi connectivity index (χ3n) is 3.98. The molecule has 1 aromatic carbocycles. The molecule has 1 aromatic heterocycles. The largest absolute Gasteiger partial charge is 0.381 e. The molecule has 1 aliphatic rings. The predicted molar refractivity (Wildman–Crippen MR) is 88.0 cm³/mol. The Kier molecular flexibility index (Phi) is 4.90. The van der Waals surface area contributed by atoms with Gasteiger partial charge in [0, 0.05) is 39.2 Å². The van der Waals surface area contributed by atoms with Crippen LogP contribution < -0.4 is 10.6 Å². The SMILES string of the molecule is CN=C(NCCn1cnc2ccccc21)NCC1CCOC1. The second-order valence-electron chi connectivity index (χ2n) is 5.54. The van der Waals surface area contributed by atoms with Gasteiger partial charge in [-0.15, -0.1) is 0 Å². The summed E-state index contributed by atoms with van der Waals surface area (Å²) in [4.78, 5) is 8.66.